The second kappa shape index (κ2) is 14.5. The first-order chi connectivity index (χ1) is 9.16. The van der Waals surface area contributed by atoms with Crippen LogP contribution in [0, 0.1) is 0 Å². The Balaban J connectivity index is 3.10. The molecule has 0 saturated carbocycles. The zero-order valence-corrected chi connectivity index (χ0v) is 14.5. The zero-order chi connectivity index (χ0) is 14.3. The van der Waals surface area contributed by atoms with Crippen LogP contribution in [0.3, 0.4) is 0 Å². The van der Waals surface area contributed by atoms with Crippen LogP contribution in [0.25, 0.3) is 0 Å². The molecule has 0 aromatic heterocycles. The third-order valence-corrected chi connectivity index (χ3v) is 4.17. The minimum absolute atomic E-state index is 0.389. The summed E-state index contributed by atoms with van der Waals surface area (Å²) in [5.41, 5.74) is 5.39. The van der Waals surface area contributed by atoms with Gasteiger partial charge in [-0.05, 0) is 18.2 Å². The van der Waals surface area contributed by atoms with Crippen molar-refractivity contribution in [2.75, 3.05) is 6.54 Å². The topological polar surface area (TPSA) is 38.0 Å². The van der Waals surface area contributed by atoms with E-state index in [0.29, 0.717) is 8.64 Å². The number of nitrogens with two attached hydrogens (primary N) is 1. The lowest BCUT2D eigenvalue weighted by Gasteiger charge is -2.06. The average Bonchev–Trinajstić information content (AvgIpc) is 2.35. The molecule has 0 aliphatic heterocycles. The van der Waals surface area contributed by atoms with Crippen molar-refractivity contribution in [2.45, 2.75) is 71.1 Å². The van der Waals surface area contributed by atoms with Gasteiger partial charge in [-0.3, -0.25) is 0 Å². The van der Waals surface area contributed by atoms with Crippen molar-refractivity contribution in [1.82, 2.24) is 5.32 Å². The molecular weight excluding hydrogens is 292 g/mol. The molecule has 0 saturated heterocycles. The minimum atomic E-state index is 0.389. The molecule has 0 atom stereocenters. The summed E-state index contributed by atoms with van der Waals surface area (Å²) in [6.45, 7) is 3.20. The van der Waals surface area contributed by atoms with Crippen LogP contribution in [-0.4, -0.2) is 15.2 Å². The Morgan fingerprint density at radius 2 is 1.37 bits per heavy atom. The van der Waals surface area contributed by atoms with Crippen LogP contribution < -0.4 is 11.1 Å². The quantitative estimate of drug-likeness (QED) is 0.424. The van der Waals surface area contributed by atoms with Crippen LogP contribution in [0.2, 0.25) is 0 Å². The summed E-state index contributed by atoms with van der Waals surface area (Å²) in [6.07, 6.45) is 13.5. The van der Waals surface area contributed by atoms with Crippen molar-refractivity contribution in [2.24, 2.45) is 5.73 Å². The summed E-state index contributed by atoms with van der Waals surface area (Å²) in [5.74, 6) is 0. The fraction of sp³-hybridized carbons (Fsp3) is 0.857. The molecule has 0 radical (unpaired) electrons. The highest BCUT2D eigenvalue weighted by Crippen LogP contribution is 2.10. The molecule has 0 unspecified atom stereocenters. The Labute approximate surface area is 133 Å². The summed E-state index contributed by atoms with van der Waals surface area (Å²) in [5, 5.41) is 3.17. The third-order valence-electron chi connectivity index (χ3n) is 2.99. The highest BCUT2D eigenvalue weighted by molar-refractivity contribution is 8.37. The number of hydrogen-bond donors (Lipinski definition) is 2. The molecule has 0 aromatic carbocycles. The lowest BCUT2D eigenvalue weighted by Crippen LogP contribution is -2.22. The molecule has 3 N–H and O–H groups in total. The summed E-state index contributed by atoms with van der Waals surface area (Å²) < 4.78 is 1.09. The van der Waals surface area contributed by atoms with Gasteiger partial charge in [0.25, 0.3) is 0 Å². The number of thiocarbonyl (C=S) groups is 2. The molecule has 112 valence electrons. The molecule has 0 fully saturated rings. The van der Waals surface area contributed by atoms with E-state index in [1.165, 1.54) is 76.0 Å². The maximum Gasteiger partial charge on any atom is 0.140 e. The largest absolute Gasteiger partial charge is 0.384 e. The van der Waals surface area contributed by atoms with E-state index in [9.17, 15) is 0 Å². The van der Waals surface area contributed by atoms with Gasteiger partial charge in [0.1, 0.15) is 8.64 Å². The second-order valence-corrected chi connectivity index (χ2v) is 7.23. The summed E-state index contributed by atoms with van der Waals surface area (Å²) in [6, 6.07) is 0. The highest BCUT2D eigenvalue weighted by atomic mass is 32.2. The summed E-state index contributed by atoms with van der Waals surface area (Å²) in [7, 11) is 0. The summed E-state index contributed by atoms with van der Waals surface area (Å²) in [4.78, 5) is 0. The molecule has 0 heterocycles. The van der Waals surface area contributed by atoms with E-state index in [1.54, 1.807) is 0 Å². The van der Waals surface area contributed by atoms with E-state index < -0.39 is 0 Å². The van der Waals surface area contributed by atoms with Gasteiger partial charge in [0, 0.05) is 6.54 Å². The number of unbranched alkanes of at least 4 members (excludes halogenated alkanes) is 9. The minimum Gasteiger partial charge on any atom is -0.384 e. The number of hydrogen-bond acceptors (Lipinski definition) is 3. The highest BCUT2D eigenvalue weighted by Gasteiger charge is 1.98. The molecular formula is C14H28N2S3. The molecule has 0 spiro atoms. The molecule has 5 heteroatoms. The third kappa shape index (κ3) is 16.1. The number of rotatable bonds is 11. The molecule has 0 aromatic rings. The Morgan fingerprint density at radius 3 is 1.84 bits per heavy atom. The molecule has 0 rings (SSSR count). The smallest absolute Gasteiger partial charge is 0.140 e. The predicted molar refractivity (Wildman–Crippen MR) is 96.8 cm³/mol. The van der Waals surface area contributed by atoms with Gasteiger partial charge in [-0.1, -0.05) is 89.1 Å². The van der Waals surface area contributed by atoms with Gasteiger partial charge in [0.05, 0.1) is 0 Å². The van der Waals surface area contributed by atoms with Crippen LogP contribution in [-0.2, 0) is 0 Å². The molecule has 0 aliphatic carbocycles. The molecule has 19 heavy (non-hydrogen) atoms. The van der Waals surface area contributed by atoms with Gasteiger partial charge in [-0.15, -0.1) is 0 Å². The Hall–Kier alpha value is 0.130. The van der Waals surface area contributed by atoms with E-state index in [0.717, 1.165) is 6.54 Å². The number of thioether (sulfide) groups is 1. The van der Waals surface area contributed by atoms with Gasteiger partial charge in [0.2, 0.25) is 0 Å². The first-order valence-electron chi connectivity index (χ1n) is 7.42. The van der Waals surface area contributed by atoms with E-state index >= 15 is 0 Å². The normalized spacial score (nSPS) is 10.4. The standard InChI is InChI=1S/C14H28N2S3/c1-2-3-4-5-6-7-8-9-10-11-12-16-14(18)19-13(15)17/h2-12H2,1H3,(H2,15,17)(H,16,18). The van der Waals surface area contributed by atoms with Gasteiger partial charge in [-0.2, -0.15) is 0 Å². The molecule has 0 bridgehead atoms. The van der Waals surface area contributed by atoms with Gasteiger partial charge in [-0.25, -0.2) is 0 Å². The molecule has 0 amide bonds. The van der Waals surface area contributed by atoms with Crippen molar-refractivity contribution in [1.29, 1.82) is 0 Å². The lowest BCUT2D eigenvalue weighted by molar-refractivity contribution is 0.555. The van der Waals surface area contributed by atoms with Crippen LogP contribution >= 0.6 is 36.2 Å². The van der Waals surface area contributed by atoms with Crippen molar-refractivity contribution in [3.8, 4) is 0 Å². The van der Waals surface area contributed by atoms with Crippen LogP contribution in [0.5, 0.6) is 0 Å². The lowest BCUT2D eigenvalue weighted by atomic mass is 10.1. The van der Waals surface area contributed by atoms with E-state index in [1.807, 2.05) is 0 Å². The maximum absolute atomic E-state index is 5.39. The fourth-order valence-corrected chi connectivity index (χ4v) is 3.07. The monoisotopic (exact) mass is 320 g/mol. The Kier molecular flexibility index (Phi) is 14.6. The first-order valence-corrected chi connectivity index (χ1v) is 9.05. The van der Waals surface area contributed by atoms with E-state index in [-0.39, 0.29) is 0 Å². The van der Waals surface area contributed by atoms with Crippen molar-refractivity contribution in [3.05, 3.63) is 0 Å². The molecule has 0 aliphatic rings. The van der Waals surface area contributed by atoms with Crippen LogP contribution in [0.1, 0.15) is 71.1 Å². The maximum atomic E-state index is 5.39. The van der Waals surface area contributed by atoms with Crippen LogP contribution in [0.15, 0.2) is 0 Å². The van der Waals surface area contributed by atoms with Gasteiger partial charge >= 0.3 is 0 Å². The fourth-order valence-electron chi connectivity index (χ4n) is 1.93. The van der Waals surface area contributed by atoms with Crippen LogP contribution in [0.4, 0.5) is 0 Å². The predicted octanol–water partition coefficient (Wildman–Crippen LogP) is 4.76. The Morgan fingerprint density at radius 1 is 0.895 bits per heavy atom. The van der Waals surface area contributed by atoms with Gasteiger partial charge in [0.15, 0.2) is 0 Å². The average molecular weight is 321 g/mol. The zero-order valence-electron chi connectivity index (χ0n) is 12.1. The van der Waals surface area contributed by atoms with Crippen molar-refractivity contribution < 1.29 is 0 Å². The SMILES string of the molecule is CCCCCCCCCCCCNC(=S)SC(N)=S. The van der Waals surface area contributed by atoms with Crippen molar-refractivity contribution >= 4 is 44.8 Å². The van der Waals surface area contributed by atoms with Crippen molar-refractivity contribution in [3.63, 3.8) is 0 Å². The van der Waals surface area contributed by atoms with E-state index in [4.69, 9.17) is 30.2 Å². The first kappa shape index (κ1) is 19.1. The van der Waals surface area contributed by atoms with E-state index in [2.05, 4.69) is 12.2 Å². The van der Waals surface area contributed by atoms with Gasteiger partial charge < -0.3 is 11.1 Å². The second-order valence-electron chi connectivity index (χ2n) is 4.82. The summed E-state index contributed by atoms with van der Waals surface area (Å²) >= 11 is 11.1. The molecule has 2 nitrogen and oxygen atoms in total. The Bertz CT molecular complexity index is 245. The number of nitrogens with one attached hydrogen (secondary N) is 1.